The lowest BCUT2D eigenvalue weighted by Crippen LogP contribution is -2.35. The molecule has 7 heteroatoms. The number of esters is 2. The number of rotatable bonds is 4. The lowest BCUT2D eigenvalue weighted by Gasteiger charge is -2.11. The molecule has 7 nitrogen and oxygen atoms in total. The molecule has 17 heavy (non-hydrogen) atoms. The van der Waals surface area contributed by atoms with Crippen LogP contribution in [0.1, 0.15) is 25.7 Å². The van der Waals surface area contributed by atoms with E-state index in [4.69, 9.17) is 10.2 Å². The molecule has 2 aliphatic carbocycles. The summed E-state index contributed by atoms with van der Waals surface area (Å²) < 4.78 is 4.39. The Hall–Kier alpha value is -1.92. The van der Waals surface area contributed by atoms with E-state index in [1.807, 2.05) is 0 Å². The fourth-order valence-corrected chi connectivity index (χ4v) is 1.54. The largest absolute Gasteiger partial charge is 0.480 e. The Kier molecular flexibility index (Phi) is 2.23. The molecule has 0 aromatic heterocycles. The molecule has 0 heterocycles. The fraction of sp³-hybridized carbons (Fsp3) is 0.600. The standard InChI is InChI=1S/C10H10O7/c11-5(12)9(1-2-9)7(15)17-8(16)10(3-4-10)6(13)14/h1-4H2,(H,11,12)(H,13,14). The van der Waals surface area contributed by atoms with E-state index in [1.165, 1.54) is 0 Å². The van der Waals surface area contributed by atoms with Crippen molar-refractivity contribution in [1.29, 1.82) is 0 Å². The summed E-state index contributed by atoms with van der Waals surface area (Å²) in [7, 11) is 0. The Labute approximate surface area is 95.4 Å². The second-order valence-electron chi connectivity index (χ2n) is 4.45. The number of carbonyl (C=O) groups excluding carboxylic acids is 2. The van der Waals surface area contributed by atoms with Crippen LogP contribution in [-0.2, 0) is 23.9 Å². The summed E-state index contributed by atoms with van der Waals surface area (Å²) >= 11 is 0. The van der Waals surface area contributed by atoms with Crippen molar-refractivity contribution < 1.29 is 34.1 Å². The average molecular weight is 242 g/mol. The number of ether oxygens (including phenoxy) is 1. The molecular formula is C10H10O7. The van der Waals surface area contributed by atoms with Gasteiger partial charge in [-0.1, -0.05) is 0 Å². The van der Waals surface area contributed by atoms with E-state index < -0.39 is 34.7 Å². The first-order chi connectivity index (χ1) is 7.85. The third kappa shape index (κ3) is 1.58. The second kappa shape index (κ2) is 3.28. The summed E-state index contributed by atoms with van der Waals surface area (Å²) in [6.45, 7) is 0. The average Bonchev–Trinajstić information content (AvgIpc) is 3.12. The molecule has 0 bridgehead atoms. The molecule has 2 N–H and O–H groups in total. The molecule has 2 saturated carbocycles. The van der Waals surface area contributed by atoms with E-state index in [-0.39, 0.29) is 25.7 Å². The Morgan fingerprint density at radius 3 is 1.24 bits per heavy atom. The Morgan fingerprint density at radius 1 is 0.765 bits per heavy atom. The molecular weight excluding hydrogens is 232 g/mol. The summed E-state index contributed by atoms with van der Waals surface area (Å²) in [4.78, 5) is 44.5. The zero-order chi connectivity index (χ0) is 12.8. The summed E-state index contributed by atoms with van der Waals surface area (Å²) in [6, 6.07) is 0. The van der Waals surface area contributed by atoms with Gasteiger partial charge in [-0.25, -0.2) is 0 Å². The quantitative estimate of drug-likeness (QED) is 0.517. The van der Waals surface area contributed by atoms with E-state index in [9.17, 15) is 19.2 Å². The van der Waals surface area contributed by atoms with Crippen LogP contribution in [0.15, 0.2) is 0 Å². The maximum atomic E-state index is 11.5. The number of aliphatic carboxylic acids is 2. The van der Waals surface area contributed by atoms with E-state index in [2.05, 4.69) is 4.74 Å². The van der Waals surface area contributed by atoms with E-state index in [0.29, 0.717) is 0 Å². The summed E-state index contributed by atoms with van der Waals surface area (Å²) in [6.07, 6.45) is 0.478. The minimum atomic E-state index is -1.63. The van der Waals surface area contributed by atoms with E-state index >= 15 is 0 Å². The second-order valence-corrected chi connectivity index (χ2v) is 4.45. The van der Waals surface area contributed by atoms with Crippen LogP contribution in [-0.4, -0.2) is 34.1 Å². The molecule has 0 aromatic carbocycles. The van der Waals surface area contributed by atoms with Crippen molar-refractivity contribution in [2.75, 3.05) is 0 Å². The number of carboxylic acids is 2. The Bertz CT molecular complexity index is 388. The first kappa shape index (κ1) is 11.6. The minimum absolute atomic E-state index is 0.120. The molecule has 2 rings (SSSR count). The molecule has 2 aliphatic rings. The maximum absolute atomic E-state index is 11.5. The molecule has 92 valence electrons. The predicted molar refractivity (Wildman–Crippen MR) is 49.7 cm³/mol. The molecule has 0 atom stereocenters. The molecule has 0 radical (unpaired) electrons. The van der Waals surface area contributed by atoms with Gasteiger partial charge in [0.1, 0.15) is 0 Å². The van der Waals surface area contributed by atoms with Gasteiger partial charge in [-0.2, -0.15) is 0 Å². The summed E-state index contributed by atoms with van der Waals surface area (Å²) in [5.74, 6) is -4.98. The smallest absolute Gasteiger partial charge is 0.331 e. The highest BCUT2D eigenvalue weighted by atomic mass is 16.6. The van der Waals surface area contributed by atoms with Crippen molar-refractivity contribution in [2.45, 2.75) is 25.7 Å². The molecule has 0 saturated heterocycles. The van der Waals surface area contributed by atoms with Crippen molar-refractivity contribution in [3.05, 3.63) is 0 Å². The van der Waals surface area contributed by atoms with Crippen LogP contribution in [0.3, 0.4) is 0 Å². The minimum Gasteiger partial charge on any atom is -0.480 e. The highest BCUT2D eigenvalue weighted by molar-refractivity contribution is 6.10. The van der Waals surface area contributed by atoms with Crippen molar-refractivity contribution in [3.63, 3.8) is 0 Å². The zero-order valence-electron chi connectivity index (χ0n) is 8.76. The lowest BCUT2D eigenvalue weighted by atomic mass is 10.1. The molecule has 0 unspecified atom stereocenters. The topological polar surface area (TPSA) is 118 Å². The highest BCUT2D eigenvalue weighted by Gasteiger charge is 2.63. The first-order valence-corrected chi connectivity index (χ1v) is 5.09. The normalized spacial score (nSPS) is 22.4. The van der Waals surface area contributed by atoms with Crippen LogP contribution in [0.25, 0.3) is 0 Å². The van der Waals surface area contributed by atoms with Crippen LogP contribution < -0.4 is 0 Å². The molecule has 0 aliphatic heterocycles. The van der Waals surface area contributed by atoms with Gasteiger partial charge < -0.3 is 14.9 Å². The van der Waals surface area contributed by atoms with E-state index in [0.717, 1.165) is 0 Å². The van der Waals surface area contributed by atoms with Crippen LogP contribution >= 0.6 is 0 Å². The highest BCUT2D eigenvalue weighted by Crippen LogP contribution is 2.50. The van der Waals surface area contributed by atoms with Gasteiger partial charge >= 0.3 is 23.9 Å². The molecule has 0 amide bonds. The SMILES string of the molecule is O=C(O)C1(C(=O)OC(=O)C2(C(=O)O)CC2)CC1. The van der Waals surface area contributed by atoms with Gasteiger partial charge in [0.2, 0.25) is 0 Å². The van der Waals surface area contributed by atoms with Gasteiger partial charge in [-0.15, -0.1) is 0 Å². The van der Waals surface area contributed by atoms with Crippen LogP contribution in [0.2, 0.25) is 0 Å². The molecule has 0 aromatic rings. The Balaban J connectivity index is 2.04. The molecule has 0 spiro atoms. The van der Waals surface area contributed by atoms with Crippen LogP contribution in [0, 0.1) is 10.8 Å². The summed E-state index contributed by atoms with van der Waals surface area (Å²) in [5, 5.41) is 17.6. The van der Waals surface area contributed by atoms with Crippen LogP contribution in [0.4, 0.5) is 0 Å². The summed E-state index contributed by atoms with van der Waals surface area (Å²) in [5.41, 5.74) is -3.27. The first-order valence-electron chi connectivity index (χ1n) is 5.09. The van der Waals surface area contributed by atoms with Crippen LogP contribution in [0.5, 0.6) is 0 Å². The molecule has 2 fully saturated rings. The zero-order valence-corrected chi connectivity index (χ0v) is 8.76. The van der Waals surface area contributed by atoms with Gasteiger partial charge in [-0.3, -0.25) is 19.2 Å². The van der Waals surface area contributed by atoms with Crippen molar-refractivity contribution in [2.24, 2.45) is 10.8 Å². The van der Waals surface area contributed by atoms with Gasteiger partial charge in [0.25, 0.3) is 0 Å². The van der Waals surface area contributed by atoms with Crippen molar-refractivity contribution >= 4 is 23.9 Å². The third-order valence-electron chi connectivity index (χ3n) is 3.29. The number of carbonyl (C=O) groups is 4. The third-order valence-corrected chi connectivity index (χ3v) is 3.29. The van der Waals surface area contributed by atoms with Gasteiger partial charge in [0, 0.05) is 0 Å². The number of hydrogen-bond acceptors (Lipinski definition) is 5. The van der Waals surface area contributed by atoms with Gasteiger partial charge in [-0.05, 0) is 25.7 Å². The fourth-order valence-electron chi connectivity index (χ4n) is 1.54. The number of carboxylic acid groups (broad SMARTS) is 2. The Morgan fingerprint density at radius 2 is 1.06 bits per heavy atom. The van der Waals surface area contributed by atoms with Gasteiger partial charge in [0.15, 0.2) is 10.8 Å². The maximum Gasteiger partial charge on any atom is 0.331 e. The predicted octanol–water partition coefficient (Wildman–Crippen LogP) is -0.214. The van der Waals surface area contributed by atoms with E-state index in [1.54, 1.807) is 0 Å². The van der Waals surface area contributed by atoms with Crippen molar-refractivity contribution in [3.8, 4) is 0 Å². The lowest BCUT2D eigenvalue weighted by molar-refractivity contribution is -0.173. The monoisotopic (exact) mass is 242 g/mol. The number of hydrogen-bond donors (Lipinski definition) is 2. The van der Waals surface area contributed by atoms with Gasteiger partial charge in [0.05, 0.1) is 0 Å². The van der Waals surface area contributed by atoms with Crippen molar-refractivity contribution in [1.82, 2.24) is 0 Å².